The highest BCUT2D eigenvalue weighted by Crippen LogP contribution is 2.32. The maximum atomic E-state index is 14.0. The van der Waals surface area contributed by atoms with Crippen LogP contribution in [0.25, 0.3) is 5.69 Å². The monoisotopic (exact) mass is 424 g/mol. The molecule has 0 bridgehead atoms. The molecule has 3 heterocycles. The van der Waals surface area contributed by atoms with E-state index in [0.717, 1.165) is 49.1 Å². The van der Waals surface area contributed by atoms with Crippen LogP contribution in [0.3, 0.4) is 0 Å². The van der Waals surface area contributed by atoms with Crippen molar-refractivity contribution in [3.63, 3.8) is 0 Å². The van der Waals surface area contributed by atoms with Gasteiger partial charge in [0.05, 0.1) is 18.0 Å². The summed E-state index contributed by atoms with van der Waals surface area (Å²) in [5.74, 6) is -1.23. The second-order valence-electron chi connectivity index (χ2n) is 7.62. The van der Waals surface area contributed by atoms with Crippen molar-refractivity contribution in [3.05, 3.63) is 51.4 Å². The number of rotatable bonds is 3. The molecule has 1 aromatic heterocycles. The van der Waals surface area contributed by atoms with Crippen LogP contribution in [-0.2, 0) is 4.74 Å². The van der Waals surface area contributed by atoms with E-state index in [2.05, 4.69) is 5.10 Å². The van der Waals surface area contributed by atoms with Gasteiger partial charge in [0.15, 0.2) is 5.82 Å². The summed E-state index contributed by atoms with van der Waals surface area (Å²) in [6.07, 6.45) is 5.28. The van der Waals surface area contributed by atoms with Gasteiger partial charge in [0.1, 0.15) is 16.5 Å². The van der Waals surface area contributed by atoms with E-state index in [1.807, 2.05) is 4.90 Å². The number of ether oxygens (including phenoxy) is 1. The first-order chi connectivity index (χ1) is 14.0. The van der Waals surface area contributed by atoms with Crippen molar-refractivity contribution in [2.45, 2.75) is 37.8 Å². The number of hydrogen-bond donors (Lipinski definition) is 1. The number of halogens is 3. The first-order valence-electron chi connectivity index (χ1n) is 9.81. The van der Waals surface area contributed by atoms with E-state index in [9.17, 15) is 13.6 Å². The fourth-order valence-corrected chi connectivity index (χ4v) is 4.50. The van der Waals surface area contributed by atoms with E-state index < -0.39 is 17.2 Å². The van der Waals surface area contributed by atoms with Crippen molar-refractivity contribution in [1.29, 1.82) is 0 Å². The molecule has 29 heavy (non-hydrogen) atoms. The van der Waals surface area contributed by atoms with E-state index in [1.54, 1.807) is 0 Å². The van der Waals surface area contributed by atoms with Crippen LogP contribution in [-0.4, -0.2) is 41.6 Å². The first kappa shape index (κ1) is 20.3. The average molecular weight is 425 g/mol. The molecule has 0 radical (unpaired) electrons. The van der Waals surface area contributed by atoms with Gasteiger partial charge < -0.3 is 15.4 Å². The number of benzene rings is 1. The Hall–Kier alpha value is -2.03. The first-order valence-corrected chi connectivity index (χ1v) is 10.2. The predicted octanol–water partition coefficient (Wildman–Crippen LogP) is 2.89. The van der Waals surface area contributed by atoms with E-state index >= 15 is 0 Å². The topological polar surface area (TPSA) is 73.4 Å². The van der Waals surface area contributed by atoms with Crippen LogP contribution in [0, 0.1) is 17.6 Å². The number of anilines is 1. The standard InChI is InChI=1S/C20H23ClF2N4O2/c21-18-17(11-25-27(20(18)28)16-4-3-13(22)10-14(16)23)26-7-5-12(6-8-26)19-15(24)2-1-9-29-19/h3-4,10-12,15,19H,1-2,5-9,24H2/t15-,19+/m1/s1. The van der Waals surface area contributed by atoms with Crippen LogP contribution in [0.4, 0.5) is 14.5 Å². The highest BCUT2D eigenvalue weighted by molar-refractivity contribution is 6.33. The van der Waals surface area contributed by atoms with Gasteiger partial charge in [-0.25, -0.2) is 8.78 Å². The lowest BCUT2D eigenvalue weighted by Crippen LogP contribution is -2.49. The molecule has 0 spiro atoms. The largest absolute Gasteiger partial charge is 0.376 e. The summed E-state index contributed by atoms with van der Waals surface area (Å²) >= 11 is 6.32. The van der Waals surface area contributed by atoms with Crippen molar-refractivity contribution >= 4 is 17.3 Å². The van der Waals surface area contributed by atoms with Crippen molar-refractivity contribution in [2.75, 3.05) is 24.6 Å². The van der Waals surface area contributed by atoms with Crippen LogP contribution in [0.5, 0.6) is 0 Å². The third-order valence-electron chi connectivity index (χ3n) is 5.80. The number of hydrogen-bond acceptors (Lipinski definition) is 5. The van der Waals surface area contributed by atoms with Gasteiger partial charge in [-0.05, 0) is 43.7 Å². The fourth-order valence-electron chi connectivity index (χ4n) is 4.25. The van der Waals surface area contributed by atoms with Crippen LogP contribution in [0.2, 0.25) is 5.02 Å². The highest BCUT2D eigenvalue weighted by Gasteiger charge is 2.33. The molecule has 2 aromatic rings. The SMILES string of the molecule is N[C@@H]1CCCO[C@H]1C1CCN(c2cnn(-c3ccc(F)cc3F)c(=O)c2Cl)CC1. The molecule has 2 saturated heterocycles. The molecule has 2 N–H and O–H groups in total. The Balaban J connectivity index is 1.52. The second-order valence-corrected chi connectivity index (χ2v) is 8.00. The van der Waals surface area contributed by atoms with Gasteiger partial charge in [0.25, 0.3) is 5.56 Å². The van der Waals surface area contributed by atoms with Gasteiger partial charge >= 0.3 is 0 Å². The summed E-state index contributed by atoms with van der Waals surface area (Å²) in [6, 6.07) is 3.00. The van der Waals surface area contributed by atoms with Crippen molar-refractivity contribution in [2.24, 2.45) is 11.7 Å². The van der Waals surface area contributed by atoms with Gasteiger partial charge in [0.2, 0.25) is 0 Å². The fraction of sp³-hybridized carbons (Fsp3) is 0.500. The molecule has 4 rings (SSSR count). The lowest BCUT2D eigenvalue weighted by atomic mass is 9.85. The summed E-state index contributed by atoms with van der Waals surface area (Å²) in [5.41, 5.74) is 5.95. The number of nitrogens with two attached hydrogens (primary N) is 1. The third-order valence-corrected chi connectivity index (χ3v) is 6.15. The summed E-state index contributed by atoms with van der Waals surface area (Å²) in [7, 11) is 0. The van der Waals surface area contributed by atoms with Gasteiger partial charge in [-0.2, -0.15) is 9.78 Å². The Morgan fingerprint density at radius 2 is 1.93 bits per heavy atom. The lowest BCUT2D eigenvalue weighted by molar-refractivity contribution is -0.0400. The number of piperidine rings is 1. The normalized spacial score (nSPS) is 23.4. The highest BCUT2D eigenvalue weighted by atomic mass is 35.5. The third kappa shape index (κ3) is 4.01. The second kappa shape index (κ2) is 8.38. The number of aromatic nitrogens is 2. The van der Waals surface area contributed by atoms with E-state index in [1.165, 1.54) is 6.20 Å². The van der Waals surface area contributed by atoms with Gasteiger partial charge in [0, 0.05) is 31.8 Å². The summed E-state index contributed by atoms with van der Waals surface area (Å²) in [4.78, 5) is 14.7. The molecular formula is C20H23ClF2N4O2. The molecule has 2 aliphatic heterocycles. The van der Waals surface area contributed by atoms with Gasteiger partial charge in [-0.15, -0.1) is 0 Å². The molecule has 0 aliphatic carbocycles. The smallest absolute Gasteiger partial charge is 0.292 e. The average Bonchev–Trinajstić information content (AvgIpc) is 2.71. The minimum Gasteiger partial charge on any atom is -0.376 e. The molecule has 0 unspecified atom stereocenters. The Morgan fingerprint density at radius 3 is 2.62 bits per heavy atom. The zero-order chi connectivity index (χ0) is 20.5. The van der Waals surface area contributed by atoms with Crippen LogP contribution < -0.4 is 16.2 Å². The van der Waals surface area contributed by atoms with Crippen LogP contribution in [0.1, 0.15) is 25.7 Å². The molecule has 0 amide bonds. The van der Waals surface area contributed by atoms with Gasteiger partial charge in [-0.1, -0.05) is 11.6 Å². The predicted molar refractivity (Wildman–Crippen MR) is 107 cm³/mol. The molecule has 2 atom stereocenters. The zero-order valence-corrected chi connectivity index (χ0v) is 16.6. The maximum absolute atomic E-state index is 14.0. The molecule has 2 fully saturated rings. The summed E-state index contributed by atoms with van der Waals surface area (Å²) in [5, 5.41) is 4.03. The zero-order valence-electron chi connectivity index (χ0n) is 15.9. The molecule has 9 heteroatoms. The Morgan fingerprint density at radius 1 is 1.17 bits per heavy atom. The molecule has 2 aliphatic rings. The molecule has 0 saturated carbocycles. The molecule has 156 valence electrons. The van der Waals surface area contributed by atoms with Crippen LogP contribution in [0.15, 0.2) is 29.2 Å². The molecule has 6 nitrogen and oxygen atoms in total. The van der Waals surface area contributed by atoms with Crippen LogP contribution >= 0.6 is 11.6 Å². The van der Waals surface area contributed by atoms with Crippen molar-refractivity contribution < 1.29 is 13.5 Å². The van der Waals surface area contributed by atoms with E-state index in [0.29, 0.717) is 30.8 Å². The minimum atomic E-state index is -0.881. The molecule has 1 aromatic carbocycles. The summed E-state index contributed by atoms with van der Waals surface area (Å²) in [6.45, 7) is 2.16. The van der Waals surface area contributed by atoms with Crippen molar-refractivity contribution in [1.82, 2.24) is 9.78 Å². The number of nitrogens with zero attached hydrogens (tertiary/aromatic N) is 3. The quantitative estimate of drug-likeness (QED) is 0.820. The minimum absolute atomic E-state index is 0.0345. The van der Waals surface area contributed by atoms with E-state index in [4.69, 9.17) is 22.1 Å². The van der Waals surface area contributed by atoms with Gasteiger partial charge in [-0.3, -0.25) is 4.79 Å². The van der Waals surface area contributed by atoms with Crippen molar-refractivity contribution in [3.8, 4) is 5.69 Å². The lowest BCUT2D eigenvalue weighted by Gasteiger charge is -2.40. The Kier molecular flexibility index (Phi) is 5.85. The Bertz CT molecular complexity index is 947. The maximum Gasteiger partial charge on any atom is 0.292 e. The Labute approximate surface area is 172 Å². The molecular weight excluding hydrogens is 402 g/mol. The van der Waals surface area contributed by atoms with E-state index in [-0.39, 0.29) is 22.9 Å². The summed E-state index contributed by atoms with van der Waals surface area (Å²) < 4.78 is 33.9.